The number of fused-ring (bicyclic) bond motifs is 3. The van der Waals surface area contributed by atoms with E-state index in [1.165, 1.54) is 0 Å². The van der Waals surface area contributed by atoms with Crippen LogP contribution in [0.25, 0.3) is 22.3 Å². The molecule has 3 atom stereocenters. The first kappa shape index (κ1) is 25.6. The molecule has 3 aromatic heterocycles. The Hall–Kier alpha value is -4.01. The molecule has 5 heterocycles. The minimum absolute atomic E-state index is 0.213. The Bertz CT molecular complexity index is 1420. The summed E-state index contributed by atoms with van der Waals surface area (Å²) in [5, 5.41) is 11.9. The summed E-state index contributed by atoms with van der Waals surface area (Å²) in [5.74, 6) is 1.49. The fourth-order valence-electron chi connectivity index (χ4n) is 6.15. The molecule has 198 valence electrons. The van der Waals surface area contributed by atoms with Gasteiger partial charge < -0.3 is 16.4 Å². The largest absolute Gasteiger partial charge is 0.383 e. The summed E-state index contributed by atoms with van der Waals surface area (Å²) in [4.78, 5) is 16.2. The number of nitrogens with two attached hydrogens (primary N) is 2. The fourth-order valence-corrected chi connectivity index (χ4v) is 6.15. The lowest BCUT2D eigenvalue weighted by atomic mass is 9.84. The van der Waals surface area contributed by atoms with E-state index in [-0.39, 0.29) is 18.0 Å². The first-order valence-electron chi connectivity index (χ1n) is 13.3. The van der Waals surface area contributed by atoms with Gasteiger partial charge in [0.2, 0.25) is 0 Å². The molecule has 2 saturated heterocycles. The maximum Gasteiger partial charge on any atom is 0.165 e. The van der Waals surface area contributed by atoms with Gasteiger partial charge in [0.05, 0.1) is 17.6 Å². The van der Waals surface area contributed by atoms with E-state index in [2.05, 4.69) is 54.1 Å². The van der Waals surface area contributed by atoms with Gasteiger partial charge in [-0.25, -0.2) is 9.98 Å². The van der Waals surface area contributed by atoms with Gasteiger partial charge in [0, 0.05) is 46.6 Å². The Kier molecular flexibility index (Phi) is 6.77. The zero-order chi connectivity index (χ0) is 27.1. The first-order valence-corrected chi connectivity index (χ1v) is 13.3. The summed E-state index contributed by atoms with van der Waals surface area (Å²) in [6.45, 7) is 14.8. The van der Waals surface area contributed by atoms with Gasteiger partial charge in [-0.1, -0.05) is 33.1 Å². The smallest absolute Gasteiger partial charge is 0.165 e. The van der Waals surface area contributed by atoms with Gasteiger partial charge in [0.15, 0.2) is 5.65 Å². The highest BCUT2D eigenvalue weighted by Gasteiger charge is 2.43. The molecule has 2 aliphatic rings. The molecule has 5 rings (SSSR count). The summed E-state index contributed by atoms with van der Waals surface area (Å²) in [5.41, 5.74) is 20.0. The van der Waals surface area contributed by atoms with Crippen molar-refractivity contribution in [1.82, 2.24) is 24.5 Å². The third-order valence-corrected chi connectivity index (χ3v) is 8.28. The third kappa shape index (κ3) is 4.25. The SMILES string of the molecule is C=C(C)c1c(C2CC3CCC(C2)N3C(=C)C(N)=NC=N)nc2c(-c3ccc(C(C)CC)nc3)cnn2c1N. The van der Waals surface area contributed by atoms with E-state index in [1.54, 1.807) is 4.52 Å². The molecule has 3 aromatic rings. The number of rotatable bonds is 8. The number of nitrogen functional groups attached to an aromatic ring is 1. The van der Waals surface area contributed by atoms with Crippen LogP contribution in [0.4, 0.5) is 5.82 Å². The molecule has 38 heavy (non-hydrogen) atoms. The molecule has 2 aliphatic heterocycles. The predicted octanol–water partition coefficient (Wildman–Crippen LogP) is 5.11. The van der Waals surface area contributed by atoms with Crippen LogP contribution in [0.3, 0.4) is 0 Å². The van der Waals surface area contributed by atoms with Crippen LogP contribution in [0.15, 0.2) is 48.4 Å². The topological polar surface area (TPSA) is 135 Å². The number of pyridine rings is 1. The average Bonchev–Trinajstić information content (AvgIpc) is 3.45. The van der Waals surface area contributed by atoms with Crippen LogP contribution in [0.2, 0.25) is 0 Å². The number of hydrogen-bond acceptors (Lipinski definition) is 6. The molecule has 0 spiro atoms. The Morgan fingerprint density at radius 3 is 2.53 bits per heavy atom. The van der Waals surface area contributed by atoms with E-state index in [0.717, 1.165) is 77.7 Å². The molecule has 9 nitrogen and oxygen atoms in total. The average molecular weight is 512 g/mol. The second kappa shape index (κ2) is 10.0. The molecular formula is C29H37N9. The zero-order valence-corrected chi connectivity index (χ0v) is 22.5. The van der Waals surface area contributed by atoms with Crippen molar-refractivity contribution in [1.29, 1.82) is 5.41 Å². The van der Waals surface area contributed by atoms with Gasteiger partial charge in [0.1, 0.15) is 18.0 Å². The Morgan fingerprint density at radius 2 is 1.95 bits per heavy atom. The number of piperidine rings is 1. The van der Waals surface area contributed by atoms with Gasteiger partial charge >= 0.3 is 0 Å². The number of aliphatic imine (C=N–C) groups is 1. The van der Waals surface area contributed by atoms with E-state index in [0.29, 0.717) is 23.3 Å². The van der Waals surface area contributed by atoms with Crippen molar-refractivity contribution in [2.75, 3.05) is 5.73 Å². The minimum Gasteiger partial charge on any atom is -0.383 e. The molecule has 0 aliphatic carbocycles. The van der Waals surface area contributed by atoms with E-state index >= 15 is 0 Å². The molecule has 3 unspecified atom stereocenters. The summed E-state index contributed by atoms with van der Waals surface area (Å²) in [7, 11) is 0. The Labute approximate surface area is 223 Å². The number of amidine groups is 1. The number of anilines is 1. The quantitative estimate of drug-likeness (QED) is 0.284. The lowest BCUT2D eigenvalue weighted by molar-refractivity contribution is 0.177. The molecule has 0 radical (unpaired) electrons. The van der Waals surface area contributed by atoms with Crippen LogP contribution in [0.5, 0.6) is 0 Å². The van der Waals surface area contributed by atoms with Gasteiger partial charge in [-0.2, -0.15) is 9.61 Å². The zero-order valence-electron chi connectivity index (χ0n) is 22.5. The van der Waals surface area contributed by atoms with Crippen LogP contribution >= 0.6 is 0 Å². The lowest BCUT2D eigenvalue weighted by Crippen LogP contribution is -2.44. The van der Waals surface area contributed by atoms with Gasteiger partial charge in [-0.05, 0) is 56.6 Å². The number of nitrogens with one attached hydrogen (secondary N) is 1. The summed E-state index contributed by atoms with van der Waals surface area (Å²) < 4.78 is 1.73. The van der Waals surface area contributed by atoms with Crippen LogP contribution in [0.1, 0.15) is 81.7 Å². The lowest BCUT2D eigenvalue weighted by Gasteiger charge is -2.41. The number of allylic oxidation sites excluding steroid dienone is 1. The minimum atomic E-state index is 0.213. The van der Waals surface area contributed by atoms with Crippen molar-refractivity contribution in [3.63, 3.8) is 0 Å². The van der Waals surface area contributed by atoms with Crippen LogP contribution in [-0.4, -0.2) is 48.7 Å². The van der Waals surface area contributed by atoms with E-state index in [1.807, 2.05) is 19.3 Å². The second-order valence-electron chi connectivity index (χ2n) is 10.7. The molecule has 2 bridgehead atoms. The molecular weight excluding hydrogens is 474 g/mol. The Balaban J connectivity index is 1.54. The summed E-state index contributed by atoms with van der Waals surface area (Å²) in [6.07, 6.45) is 9.68. The van der Waals surface area contributed by atoms with Crippen molar-refractivity contribution in [3.8, 4) is 11.1 Å². The van der Waals surface area contributed by atoms with Crippen LogP contribution in [0, 0.1) is 5.41 Å². The molecule has 0 saturated carbocycles. The van der Waals surface area contributed by atoms with E-state index < -0.39 is 0 Å². The molecule has 2 fully saturated rings. The number of nitrogens with zero attached hydrogens (tertiary/aromatic N) is 6. The molecule has 9 heteroatoms. The maximum absolute atomic E-state index is 7.26. The first-order chi connectivity index (χ1) is 18.2. The van der Waals surface area contributed by atoms with Gasteiger partial charge in [0.25, 0.3) is 0 Å². The highest BCUT2D eigenvalue weighted by molar-refractivity contribution is 5.99. The fraction of sp³-hybridized carbons (Fsp3) is 0.414. The number of hydrogen-bond donors (Lipinski definition) is 3. The van der Waals surface area contributed by atoms with E-state index in [4.69, 9.17) is 26.8 Å². The van der Waals surface area contributed by atoms with Crippen LogP contribution < -0.4 is 11.5 Å². The monoisotopic (exact) mass is 511 g/mol. The third-order valence-electron chi connectivity index (χ3n) is 8.28. The maximum atomic E-state index is 7.26. The predicted molar refractivity (Wildman–Crippen MR) is 154 cm³/mol. The van der Waals surface area contributed by atoms with Crippen LogP contribution in [-0.2, 0) is 0 Å². The second-order valence-corrected chi connectivity index (χ2v) is 10.7. The molecule has 0 amide bonds. The molecule has 5 N–H and O–H groups in total. The summed E-state index contributed by atoms with van der Waals surface area (Å²) >= 11 is 0. The highest BCUT2D eigenvalue weighted by Crippen LogP contribution is 2.46. The standard InChI is InChI=1S/C29H37N9/c1-6-17(4)24-10-7-19(13-33-24)23-14-35-38-28(32)25(16(2)3)26(36-29(23)38)20-11-21-8-9-22(12-20)37(21)18(5)27(31)34-15-30/h7,10,13-15,17,20-22H,2,5-6,8-9,11-12,32H2,1,3-4H3,(H3,30,31,34). The van der Waals surface area contributed by atoms with E-state index in [9.17, 15) is 0 Å². The van der Waals surface area contributed by atoms with Crippen molar-refractivity contribution in [2.45, 2.75) is 76.8 Å². The summed E-state index contributed by atoms with van der Waals surface area (Å²) in [6, 6.07) is 4.75. The normalized spacial score (nSPS) is 22.0. The van der Waals surface area contributed by atoms with Crippen molar-refractivity contribution in [2.24, 2.45) is 10.7 Å². The van der Waals surface area contributed by atoms with Crippen molar-refractivity contribution >= 4 is 29.2 Å². The van der Waals surface area contributed by atoms with Crippen molar-refractivity contribution in [3.05, 3.63) is 60.3 Å². The van der Waals surface area contributed by atoms with Gasteiger partial charge in [-0.3, -0.25) is 10.4 Å². The van der Waals surface area contributed by atoms with Crippen molar-refractivity contribution < 1.29 is 0 Å². The molecule has 0 aromatic carbocycles. The van der Waals surface area contributed by atoms with Gasteiger partial charge in [-0.15, -0.1) is 0 Å². The number of aromatic nitrogens is 4. The highest BCUT2D eigenvalue weighted by atomic mass is 15.3. The Morgan fingerprint density at radius 1 is 1.24 bits per heavy atom.